The summed E-state index contributed by atoms with van der Waals surface area (Å²) in [5.41, 5.74) is 3.23. The van der Waals surface area contributed by atoms with E-state index < -0.39 is 27.9 Å². The van der Waals surface area contributed by atoms with Gasteiger partial charge in [-0.2, -0.15) is 0 Å². The second-order valence-electron chi connectivity index (χ2n) is 4.94. The minimum Gasteiger partial charge on any atom is -0.370 e. The summed E-state index contributed by atoms with van der Waals surface area (Å²) in [6.07, 6.45) is -0.263. The van der Waals surface area contributed by atoms with Crippen molar-refractivity contribution in [3.05, 3.63) is 48.5 Å². The quantitative estimate of drug-likeness (QED) is 0.298. The number of non-ortho nitro benzene ring substituents is 1. The van der Waals surface area contributed by atoms with Gasteiger partial charge in [0.2, 0.25) is 11.8 Å². The summed E-state index contributed by atoms with van der Waals surface area (Å²) in [6, 6.07) is 2.27. The Balaban J connectivity index is 2.36. The molecule has 1 heterocycles. The number of aromatic nitrogens is 2. The fourth-order valence-corrected chi connectivity index (χ4v) is 2.04. The average molecular weight is 335 g/mol. The fraction of sp³-hybridized carbons (Fsp3) is 0.231. The average Bonchev–Trinajstić information content (AvgIpc) is 2.51. The molecule has 0 aliphatic rings. The van der Waals surface area contributed by atoms with E-state index in [1.54, 1.807) is 0 Å². The van der Waals surface area contributed by atoms with E-state index in [1.807, 2.05) is 0 Å². The van der Waals surface area contributed by atoms with Gasteiger partial charge in [-0.3, -0.25) is 29.3 Å². The number of H-pyrrole nitrogens is 2. The van der Waals surface area contributed by atoms with E-state index in [4.69, 9.17) is 5.73 Å². The fourth-order valence-electron chi connectivity index (χ4n) is 2.04. The second kappa shape index (κ2) is 6.73. The van der Waals surface area contributed by atoms with E-state index in [0.29, 0.717) is 0 Å². The van der Waals surface area contributed by atoms with Crippen LogP contribution in [0.2, 0.25) is 0 Å². The third-order valence-corrected chi connectivity index (χ3v) is 3.18. The number of carbonyl (C=O) groups excluding carboxylic acids is 2. The molecular formula is C13H13N5O6. The lowest BCUT2D eigenvalue weighted by Crippen LogP contribution is -2.30. The summed E-state index contributed by atoms with van der Waals surface area (Å²) >= 11 is 0. The molecule has 0 saturated heterocycles. The molecular weight excluding hydrogens is 322 g/mol. The first-order valence-corrected chi connectivity index (χ1v) is 6.76. The van der Waals surface area contributed by atoms with Gasteiger partial charge < -0.3 is 21.0 Å². The summed E-state index contributed by atoms with van der Waals surface area (Å²) in [4.78, 5) is 59.9. The van der Waals surface area contributed by atoms with Crippen LogP contribution in [0, 0.1) is 10.1 Å². The molecule has 11 nitrogen and oxygen atoms in total. The Morgan fingerprint density at radius 3 is 2.46 bits per heavy atom. The first-order valence-electron chi connectivity index (χ1n) is 6.76. The number of carbonyl (C=O) groups is 2. The number of nitrogens with zero attached hydrogens (tertiary/aromatic N) is 1. The van der Waals surface area contributed by atoms with Crippen molar-refractivity contribution in [1.29, 1.82) is 0 Å². The molecule has 0 fully saturated rings. The maximum absolute atomic E-state index is 11.6. The van der Waals surface area contributed by atoms with Crippen LogP contribution in [-0.2, 0) is 16.1 Å². The number of hydrogen-bond acceptors (Lipinski definition) is 6. The molecule has 0 aliphatic carbocycles. The topological polar surface area (TPSA) is 181 Å². The molecule has 0 aliphatic heterocycles. The number of nitrogens with one attached hydrogen (secondary N) is 3. The third kappa shape index (κ3) is 3.82. The number of fused-ring (bicyclic) bond motifs is 1. The molecule has 0 saturated carbocycles. The highest BCUT2D eigenvalue weighted by atomic mass is 16.6. The van der Waals surface area contributed by atoms with Gasteiger partial charge in [-0.1, -0.05) is 0 Å². The van der Waals surface area contributed by atoms with Gasteiger partial charge in [0, 0.05) is 37.1 Å². The Bertz CT molecular complexity index is 944. The van der Waals surface area contributed by atoms with Crippen LogP contribution in [0.4, 0.5) is 5.69 Å². The number of rotatable bonds is 6. The molecule has 0 spiro atoms. The summed E-state index contributed by atoms with van der Waals surface area (Å²) in [5.74, 6) is -1.12. The number of nitro benzene ring substituents is 1. The van der Waals surface area contributed by atoms with E-state index in [1.165, 1.54) is 6.07 Å². The molecule has 2 aromatic rings. The molecule has 5 N–H and O–H groups in total. The van der Waals surface area contributed by atoms with Crippen molar-refractivity contribution in [2.45, 2.75) is 19.4 Å². The summed E-state index contributed by atoms with van der Waals surface area (Å²) in [5, 5.41) is 13.4. The standard InChI is InChI=1S/C13H13N5O6/c14-9(19)1-2-10(20)15-5-6-3-7(18(23)24)4-8-11(6)17-13(22)12(21)16-8/h3-4H,1-2,5H2,(H2,14,19)(H,15,20)(H,16,21)(H,17,22). The molecule has 24 heavy (non-hydrogen) atoms. The lowest BCUT2D eigenvalue weighted by molar-refractivity contribution is -0.384. The van der Waals surface area contributed by atoms with Gasteiger partial charge >= 0.3 is 11.1 Å². The number of primary amides is 1. The molecule has 2 rings (SSSR count). The second-order valence-corrected chi connectivity index (χ2v) is 4.94. The highest BCUT2D eigenvalue weighted by Crippen LogP contribution is 2.21. The van der Waals surface area contributed by atoms with Crippen molar-refractivity contribution < 1.29 is 14.5 Å². The summed E-state index contributed by atoms with van der Waals surface area (Å²) < 4.78 is 0. The monoisotopic (exact) mass is 335 g/mol. The van der Waals surface area contributed by atoms with Gasteiger partial charge in [-0.05, 0) is 0 Å². The number of nitro groups is 1. The number of aromatic amines is 2. The molecule has 0 atom stereocenters. The van der Waals surface area contributed by atoms with Crippen molar-refractivity contribution in [2.75, 3.05) is 0 Å². The van der Waals surface area contributed by atoms with Crippen molar-refractivity contribution in [3.8, 4) is 0 Å². The lowest BCUT2D eigenvalue weighted by atomic mass is 10.1. The zero-order chi connectivity index (χ0) is 17.9. The molecule has 0 bridgehead atoms. The van der Waals surface area contributed by atoms with Gasteiger partial charge in [-0.25, -0.2) is 0 Å². The van der Waals surface area contributed by atoms with E-state index in [2.05, 4.69) is 15.3 Å². The Morgan fingerprint density at radius 2 is 1.83 bits per heavy atom. The Morgan fingerprint density at radius 1 is 1.17 bits per heavy atom. The molecule has 1 aromatic heterocycles. The minimum atomic E-state index is -0.945. The van der Waals surface area contributed by atoms with Crippen LogP contribution < -0.4 is 22.2 Å². The van der Waals surface area contributed by atoms with Crippen LogP contribution in [0.5, 0.6) is 0 Å². The maximum atomic E-state index is 11.6. The molecule has 11 heteroatoms. The van der Waals surface area contributed by atoms with E-state index >= 15 is 0 Å². The lowest BCUT2D eigenvalue weighted by Gasteiger charge is -2.08. The van der Waals surface area contributed by atoms with Crippen LogP contribution in [0.25, 0.3) is 11.0 Å². The van der Waals surface area contributed by atoms with Gasteiger partial charge in [-0.15, -0.1) is 0 Å². The largest absolute Gasteiger partial charge is 0.370 e. The molecule has 2 amide bonds. The molecule has 0 radical (unpaired) electrons. The number of hydrogen-bond donors (Lipinski definition) is 4. The van der Waals surface area contributed by atoms with Crippen molar-refractivity contribution in [3.63, 3.8) is 0 Å². The molecule has 0 unspecified atom stereocenters. The van der Waals surface area contributed by atoms with Crippen LogP contribution >= 0.6 is 0 Å². The first-order chi connectivity index (χ1) is 11.3. The normalized spacial score (nSPS) is 10.5. The summed E-state index contributed by atoms with van der Waals surface area (Å²) in [7, 11) is 0. The van der Waals surface area contributed by atoms with E-state index in [-0.39, 0.29) is 41.7 Å². The predicted molar refractivity (Wildman–Crippen MR) is 82.1 cm³/mol. The molecule has 1 aromatic carbocycles. The third-order valence-electron chi connectivity index (χ3n) is 3.18. The number of amides is 2. The predicted octanol–water partition coefficient (Wildman–Crippen LogP) is -0.994. The van der Waals surface area contributed by atoms with Gasteiger partial charge in [0.15, 0.2) is 0 Å². The van der Waals surface area contributed by atoms with Gasteiger partial charge in [0.05, 0.1) is 16.0 Å². The molecule has 126 valence electrons. The zero-order valence-electron chi connectivity index (χ0n) is 12.3. The van der Waals surface area contributed by atoms with Gasteiger partial charge in [0.25, 0.3) is 5.69 Å². The highest BCUT2D eigenvalue weighted by Gasteiger charge is 2.14. The number of benzene rings is 1. The van der Waals surface area contributed by atoms with Crippen molar-refractivity contribution in [2.24, 2.45) is 5.73 Å². The van der Waals surface area contributed by atoms with Crippen LogP contribution in [-0.4, -0.2) is 26.7 Å². The van der Waals surface area contributed by atoms with Crippen molar-refractivity contribution >= 4 is 28.5 Å². The maximum Gasteiger partial charge on any atom is 0.314 e. The minimum absolute atomic E-state index is 0.0650. The Hall–Kier alpha value is -3.50. The van der Waals surface area contributed by atoms with E-state index in [9.17, 15) is 29.3 Å². The SMILES string of the molecule is NC(=O)CCC(=O)NCc1cc([N+](=O)[O-])cc2[nH]c(=O)c(=O)[nH]c12. The summed E-state index contributed by atoms with van der Waals surface area (Å²) in [6.45, 7) is -0.141. The van der Waals surface area contributed by atoms with Gasteiger partial charge in [0.1, 0.15) is 0 Å². The van der Waals surface area contributed by atoms with Crippen LogP contribution in [0.1, 0.15) is 18.4 Å². The van der Waals surface area contributed by atoms with E-state index in [0.717, 1.165) is 6.07 Å². The highest BCUT2D eigenvalue weighted by molar-refractivity contribution is 5.84. The van der Waals surface area contributed by atoms with Crippen LogP contribution in [0.15, 0.2) is 21.7 Å². The first kappa shape index (κ1) is 16.9. The Kier molecular flexibility index (Phi) is 4.73. The number of nitrogens with two attached hydrogens (primary N) is 1. The van der Waals surface area contributed by atoms with Crippen LogP contribution in [0.3, 0.4) is 0 Å². The Labute approximate surface area is 133 Å². The zero-order valence-corrected chi connectivity index (χ0v) is 12.3. The van der Waals surface area contributed by atoms with Crippen molar-refractivity contribution in [1.82, 2.24) is 15.3 Å². The smallest absolute Gasteiger partial charge is 0.314 e.